The van der Waals surface area contributed by atoms with Crippen molar-refractivity contribution in [3.05, 3.63) is 60.2 Å². The molecule has 2 N–H and O–H groups in total. The van der Waals surface area contributed by atoms with E-state index in [9.17, 15) is 4.79 Å². The van der Waals surface area contributed by atoms with Crippen LogP contribution in [0, 0.1) is 0 Å². The summed E-state index contributed by atoms with van der Waals surface area (Å²) in [4.78, 5) is 12.0. The van der Waals surface area contributed by atoms with Crippen LogP contribution >= 0.6 is 0 Å². The fourth-order valence-electron chi connectivity index (χ4n) is 2.68. The standard InChI is InChI=1S/C21H28N2O2/c1-25-20-14-6-5-13-19(20)23-21(24)15-7-8-16-22-17-9-12-18-10-3-2-4-11-18/h2-6,10-11,13-14,22H,7-9,12,15-17H2,1H3,(H,23,24). The molecule has 0 aliphatic rings. The first-order valence-corrected chi connectivity index (χ1v) is 8.97. The number of nitrogens with one attached hydrogen (secondary N) is 2. The van der Waals surface area contributed by atoms with Crippen LogP contribution in [0.1, 0.15) is 31.2 Å². The van der Waals surface area contributed by atoms with Crippen molar-refractivity contribution in [2.45, 2.75) is 32.1 Å². The lowest BCUT2D eigenvalue weighted by Gasteiger charge is -2.09. The minimum absolute atomic E-state index is 0.0357. The molecular weight excluding hydrogens is 312 g/mol. The Bertz CT molecular complexity index is 629. The van der Waals surface area contributed by atoms with Gasteiger partial charge in [-0.15, -0.1) is 0 Å². The largest absolute Gasteiger partial charge is 0.495 e. The number of hydrogen-bond acceptors (Lipinski definition) is 3. The molecule has 0 fully saturated rings. The Morgan fingerprint density at radius 2 is 1.64 bits per heavy atom. The summed E-state index contributed by atoms with van der Waals surface area (Å²) >= 11 is 0. The predicted octanol–water partition coefficient (Wildman–Crippen LogP) is 4.03. The number of carbonyl (C=O) groups is 1. The van der Waals surface area contributed by atoms with Gasteiger partial charge in [0.25, 0.3) is 0 Å². The van der Waals surface area contributed by atoms with E-state index in [1.54, 1.807) is 7.11 Å². The van der Waals surface area contributed by atoms with Crippen LogP contribution in [0.25, 0.3) is 0 Å². The van der Waals surface area contributed by atoms with Crippen molar-refractivity contribution in [2.75, 3.05) is 25.5 Å². The van der Waals surface area contributed by atoms with E-state index in [-0.39, 0.29) is 5.91 Å². The van der Waals surface area contributed by atoms with Gasteiger partial charge in [-0.3, -0.25) is 4.79 Å². The molecular formula is C21H28N2O2. The number of ether oxygens (including phenoxy) is 1. The van der Waals surface area contributed by atoms with Crippen LogP contribution in [-0.4, -0.2) is 26.1 Å². The Balaban J connectivity index is 1.50. The molecule has 25 heavy (non-hydrogen) atoms. The van der Waals surface area contributed by atoms with E-state index in [1.807, 2.05) is 30.3 Å². The number of carbonyl (C=O) groups excluding carboxylic acids is 1. The fourth-order valence-corrected chi connectivity index (χ4v) is 2.68. The first-order chi connectivity index (χ1) is 12.3. The minimum Gasteiger partial charge on any atom is -0.495 e. The number of benzene rings is 2. The first-order valence-electron chi connectivity index (χ1n) is 8.97. The van der Waals surface area contributed by atoms with Crippen LogP contribution < -0.4 is 15.4 Å². The molecule has 0 spiro atoms. The van der Waals surface area contributed by atoms with Crippen LogP contribution in [0.15, 0.2) is 54.6 Å². The molecule has 4 nitrogen and oxygen atoms in total. The van der Waals surface area contributed by atoms with Crippen LogP contribution in [0.3, 0.4) is 0 Å². The SMILES string of the molecule is COc1ccccc1NC(=O)CCCCNCCCc1ccccc1. The van der Waals surface area contributed by atoms with Crippen molar-refractivity contribution in [2.24, 2.45) is 0 Å². The third kappa shape index (κ3) is 7.40. The molecule has 2 rings (SSSR count). The number of amides is 1. The number of anilines is 1. The summed E-state index contributed by atoms with van der Waals surface area (Å²) in [6, 6.07) is 18.0. The third-order valence-corrected chi connectivity index (χ3v) is 4.05. The van der Waals surface area contributed by atoms with Gasteiger partial charge in [0.2, 0.25) is 5.91 Å². The maximum atomic E-state index is 12.0. The van der Waals surface area contributed by atoms with Crippen molar-refractivity contribution in [1.29, 1.82) is 0 Å². The number of para-hydroxylation sites is 2. The Morgan fingerprint density at radius 1 is 0.920 bits per heavy atom. The Labute approximate surface area is 150 Å². The fraction of sp³-hybridized carbons (Fsp3) is 0.381. The van der Waals surface area contributed by atoms with Gasteiger partial charge in [0.15, 0.2) is 0 Å². The smallest absolute Gasteiger partial charge is 0.224 e. The monoisotopic (exact) mass is 340 g/mol. The van der Waals surface area contributed by atoms with Gasteiger partial charge in [-0.25, -0.2) is 0 Å². The maximum Gasteiger partial charge on any atom is 0.224 e. The lowest BCUT2D eigenvalue weighted by atomic mass is 10.1. The van der Waals surface area contributed by atoms with E-state index >= 15 is 0 Å². The van der Waals surface area contributed by atoms with Crippen LogP contribution in [0.4, 0.5) is 5.69 Å². The highest BCUT2D eigenvalue weighted by Gasteiger charge is 2.06. The maximum absolute atomic E-state index is 12.0. The van der Waals surface area contributed by atoms with Crippen molar-refractivity contribution in [3.8, 4) is 5.75 Å². The summed E-state index contributed by atoms with van der Waals surface area (Å²) in [6.07, 6.45) is 4.66. The van der Waals surface area contributed by atoms with Gasteiger partial charge in [0, 0.05) is 6.42 Å². The van der Waals surface area contributed by atoms with Crippen molar-refractivity contribution >= 4 is 11.6 Å². The molecule has 0 saturated carbocycles. The predicted molar refractivity (Wildman–Crippen MR) is 103 cm³/mol. The van der Waals surface area contributed by atoms with E-state index in [2.05, 4.69) is 34.9 Å². The van der Waals surface area contributed by atoms with E-state index in [0.717, 1.165) is 44.5 Å². The van der Waals surface area contributed by atoms with Crippen LogP contribution in [0.5, 0.6) is 5.75 Å². The van der Waals surface area contributed by atoms with Crippen LogP contribution in [-0.2, 0) is 11.2 Å². The summed E-state index contributed by atoms with van der Waals surface area (Å²) in [5.41, 5.74) is 2.12. The minimum atomic E-state index is 0.0357. The molecule has 0 radical (unpaired) electrons. The number of rotatable bonds is 11. The van der Waals surface area contributed by atoms with Gasteiger partial charge < -0.3 is 15.4 Å². The van der Waals surface area contributed by atoms with Gasteiger partial charge in [0.1, 0.15) is 5.75 Å². The highest BCUT2D eigenvalue weighted by Crippen LogP contribution is 2.23. The van der Waals surface area contributed by atoms with E-state index in [4.69, 9.17) is 4.74 Å². The van der Waals surface area contributed by atoms with Gasteiger partial charge >= 0.3 is 0 Å². The molecule has 0 saturated heterocycles. The van der Waals surface area contributed by atoms with Crippen molar-refractivity contribution < 1.29 is 9.53 Å². The lowest BCUT2D eigenvalue weighted by Crippen LogP contribution is -2.18. The number of methoxy groups -OCH3 is 1. The second kappa shape index (κ2) is 11.3. The molecule has 0 heterocycles. The first kappa shape index (κ1) is 19.0. The summed E-state index contributed by atoms with van der Waals surface area (Å²) in [7, 11) is 1.61. The normalized spacial score (nSPS) is 10.4. The van der Waals surface area contributed by atoms with Gasteiger partial charge in [-0.1, -0.05) is 42.5 Å². The summed E-state index contributed by atoms with van der Waals surface area (Å²) in [6.45, 7) is 1.97. The zero-order chi connectivity index (χ0) is 17.7. The van der Waals surface area contributed by atoms with Crippen molar-refractivity contribution in [3.63, 3.8) is 0 Å². The van der Waals surface area contributed by atoms with E-state index < -0.39 is 0 Å². The second-order valence-electron chi connectivity index (χ2n) is 6.04. The Kier molecular flexibility index (Phi) is 8.56. The molecule has 134 valence electrons. The molecule has 2 aromatic carbocycles. The molecule has 0 aromatic heterocycles. The number of unbranched alkanes of at least 4 members (excludes halogenated alkanes) is 1. The number of aryl methyl sites for hydroxylation is 1. The average Bonchev–Trinajstić information content (AvgIpc) is 2.65. The highest BCUT2D eigenvalue weighted by molar-refractivity contribution is 5.92. The zero-order valence-corrected chi connectivity index (χ0v) is 15.0. The molecule has 0 unspecified atom stereocenters. The van der Waals surface area contributed by atoms with Gasteiger partial charge in [-0.05, 0) is 56.5 Å². The lowest BCUT2D eigenvalue weighted by molar-refractivity contribution is -0.116. The Morgan fingerprint density at radius 3 is 2.44 bits per heavy atom. The zero-order valence-electron chi connectivity index (χ0n) is 15.0. The van der Waals surface area contributed by atoms with Crippen LogP contribution in [0.2, 0.25) is 0 Å². The molecule has 4 heteroatoms. The molecule has 0 bridgehead atoms. The topological polar surface area (TPSA) is 50.4 Å². The molecule has 0 atom stereocenters. The molecule has 0 aliphatic carbocycles. The summed E-state index contributed by atoms with van der Waals surface area (Å²) in [5, 5.41) is 6.35. The van der Waals surface area contributed by atoms with Gasteiger partial charge in [0.05, 0.1) is 12.8 Å². The highest BCUT2D eigenvalue weighted by atomic mass is 16.5. The van der Waals surface area contributed by atoms with Gasteiger partial charge in [-0.2, -0.15) is 0 Å². The quantitative estimate of drug-likeness (QED) is 0.607. The van der Waals surface area contributed by atoms with Crippen molar-refractivity contribution in [1.82, 2.24) is 5.32 Å². The second-order valence-corrected chi connectivity index (χ2v) is 6.04. The molecule has 1 amide bonds. The molecule has 0 aliphatic heterocycles. The Hall–Kier alpha value is -2.33. The van der Waals surface area contributed by atoms with E-state index in [1.165, 1.54) is 5.56 Å². The van der Waals surface area contributed by atoms with E-state index in [0.29, 0.717) is 12.2 Å². The third-order valence-electron chi connectivity index (χ3n) is 4.05. The number of hydrogen-bond donors (Lipinski definition) is 2. The molecule has 2 aromatic rings. The average molecular weight is 340 g/mol. The summed E-state index contributed by atoms with van der Waals surface area (Å²) < 4.78 is 5.23. The summed E-state index contributed by atoms with van der Waals surface area (Å²) in [5.74, 6) is 0.726.